The molecule has 0 saturated carbocycles. The lowest BCUT2D eigenvalue weighted by atomic mass is 9.96. The van der Waals surface area contributed by atoms with Gasteiger partial charge in [-0.05, 0) is 56.9 Å². The predicted molar refractivity (Wildman–Crippen MR) is 166 cm³/mol. The van der Waals surface area contributed by atoms with Gasteiger partial charge in [0.05, 0.1) is 8.07 Å². The van der Waals surface area contributed by atoms with Crippen LogP contribution < -0.4 is 5.19 Å². The average molecular weight is 497 g/mol. The average Bonchev–Trinajstić information content (AvgIpc) is 2.91. The Morgan fingerprint density at radius 3 is 1.32 bits per heavy atom. The van der Waals surface area contributed by atoms with Crippen LogP contribution in [-0.4, -0.2) is 8.07 Å². The van der Waals surface area contributed by atoms with E-state index in [1.54, 1.807) is 0 Å². The van der Waals surface area contributed by atoms with Crippen molar-refractivity contribution >= 4 is 18.8 Å². The number of rotatable bonds is 5. The fourth-order valence-electron chi connectivity index (χ4n) is 4.81. The standard InChI is InChI=1S/C36H36Si/c1-27-7-5-9-28(10-6-8-27)29-11-13-30(14-12-29)31-15-17-32(18-16-31)33-19-21-34(22-20-33)35-23-25-36(26-24-35)37(2,3)4/h5-7,9-27H,8H2,1-4H3/b7-5-,10-6+,28-9+. The lowest BCUT2D eigenvalue weighted by Gasteiger charge is -2.16. The van der Waals surface area contributed by atoms with E-state index in [9.17, 15) is 0 Å². The van der Waals surface area contributed by atoms with Crippen LogP contribution in [0.5, 0.6) is 0 Å². The maximum absolute atomic E-state index is 2.39. The van der Waals surface area contributed by atoms with Crippen molar-refractivity contribution in [2.75, 3.05) is 0 Å². The van der Waals surface area contributed by atoms with Crippen LogP contribution >= 0.6 is 0 Å². The minimum absolute atomic E-state index is 0.601. The molecule has 1 aliphatic rings. The summed E-state index contributed by atoms with van der Waals surface area (Å²) >= 11 is 0. The van der Waals surface area contributed by atoms with E-state index in [4.69, 9.17) is 0 Å². The summed E-state index contributed by atoms with van der Waals surface area (Å²) in [4.78, 5) is 0. The first-order valence-electron chi connectivity index (χ1n) is 13.3. The molecule has 0 nitrogen and oxygen atoms in total. The fourth-order valence-corrected chi connectivity index (χ4v) is 5.98. The summed E-state index contributed by atoms with van der Waals surface area (Å²) in [5.74, 6) is 0.601. The molecule has 0 spiro atoms. The van der Waals surface area contributed by atoms with Gasteiger partial charge in [0.15, 0.2) is 0 Å². The molecule has 0 fully saturated rings. The molecule has 4 aromatic rings. The van der Waals surface area contributed by atoms with Crippen LogP contribution in [0.25, 0.3) is 39.0 Å². The smallest absolute Gasteiger partial charge is 0.0775 e. The molecule has 0 heterocycles. The van der Waals surface area contributed by atoms with E-state index in [2.05, 4.69) is 154 Å². The zero-order chi connectivity index (χ0) is 25.8. The maximum Gasteiger partial charge on any atom is 0.0775 e. The topological polar surface area (TPSA) is 0 Å². The third-order valence-corrected chi connectivity index (χ3v) is 9.33. The fraction of sp³-hybridized carbons (Fsp3) is 0.167. The van der Waals surface area contributed by atoms with Gasteiger partial charge in [-0.15, -0.1) is 0 Å². The molecule has 0 aliphatic heterocycles. The van der Waals surface area contributed by atoms with Crippen molar-refractivity contribution < 1.29 is 0 Å². The van der Waals surface area contributed by atoms with Gasteiger partial charge in [0, 0.05) is 0 Å². The largest absolute Gasteiger partial charge is 0.0833 e. The van der Waals surface area contributed by atoms with Crippen LogP contribution in [0.4, 0.5) is 0 Å². The van der Waals surface area contributed by atoms with Gasteiger partial charge < -0.3 is 0 Å². The van der Waals surface area contributed by atoms with Crippen LogP contribution in [0.3, 0.4) is 0 Å². The maximum atomic E-state index is 2.39. The van der Waals surface area contributed by atoms with Crippen molar-refractivity contribution in [1.82, 2.24) is 0 Å². The molecule has 5 rings (SSSR count). The summed E-state index contributed by atoms with van der Waals surface area (Å²) in [7, 11) is -1.26. The summed E-state index contributed by atoms with van der Waals surface area (Å²) < 4.78 is 0. The summed E-state index contributed by atoms with van der Waals surface area (Å²) in [5, 5.41) is 1.50. The van der Waals surface area contributed by atoms with Gasteiger partial charge in [-0.25, -0.2) is 0 Å². The molecule has 37 heavy (non-hydrogen) atoms. The monoisotopic (exact) mass is 496 g/mol. The zero-order valence-electron chi connectivity index (χ0n) is 22.4. The molecule has 4 aromatic carbocycles. The van der Waals surface area contributed by atoms with E-state index in [-0.39, 0.29) is 0 Å². The highest BCUT2D eigenvalue weighted by molar-refractivity contribution is 6.88. The van der Waals surface area contributed by atoms with E-state index in [0.29, 0.717) is 5.92 Å². The second kappa shape index (κ2) is 10.7. The molecule has 1 unspecified atom stereocenters. The quantitative estimate of drug-likeness (QED) is 0.241. The molecule has 1 heteroatoms. The number of hydrogen-bond acceptors (Lipinski definition) is 0. The summed E-state index contributed by atoms with van der Waals surface area (Å²) in [6.45, 7) is 9.43. The molecular formula is C36H36Si. The summed E-state index contributed by atoms with van der Waals surface area (Å²) in [6.07, 6.45) is 12.3. The van der Waals surface area contributed by atoms with Crippen molar-refractivity contribution in [1.29, 1.82) is 0 Å². The SMILES string of the molecule is CC1\C=C/C=C(c2ccc(-c3ccc(-c4ccc(-c5ccc([Si](C)(C)C)cc5)cc4)cc3)cc2)\C=C\C1. The molecule has 0 radical (unpaired) electrons. The van der Waals surface area contributed by atoms with Crippen LogP contribution in [0.1, 0.15) is 18.9 Å². The van der Waals surface area contributed by atoms with E-state index in [1.165, 1.54) is 49.7 Å². The summed E-state index contributed by atoms with van der Waals surface area (Å²) in [6, 6.07) is 35.9. The van der Waals surface area contributed by atoms with Gasteiger partial charge in [-0.3, -0.25) is 0 Å². The Kier molecular flexibility index (Phi) is 7.25. The van der Waals surface area contributed by atoms with Gasteiger partial charge in [-0.1, -0.05) is 159 Å². The van der Waals surface area contributed by atoms with Crippen molar-refractivity contribution in [2.45, 2.75) is 33.0 Å². The lowest BCUT2D eigenvalue weighted by Crippen LogP contribution is -2.37. The third-order valence-electron chi connectivity index (χ3n) is 7.26. The summed E-state index contributed by atoms with van der Waals surface area (Å²) in [5.41, 5.74) is 10.0. The molecule has 1 aliphatic carbocycles. The van der Waals surface area contributed by atoms with Crippen molar-refractivity contribution in [3.8, 4) is 33.4 Å². The van der Waals surface area contributed by atoms with E-state index < -0.39 is 8.07 Å². The Balaban J connectivity index is 1.29. The first-order valence-corrected chi connectivity index (χ1v) is 16.8. The third kappa shape index (κ3) is 6.01. The Morgan fingerprint density at radius 2 is 0.919 bits per heavy atom. The van der Waals surface area contributed by atoms with E-state index >= 15 is 0 Å². The zero-order valence-corrected chi connectivity index (χ0v) is 23.4. The lowest BCUT2D eigenvalue weighted by molar-refractivity contribution is 0.744. The highest BCUT2D eigenvalue weighted by Gasteiger charge is 2.15. The second-order valence-corrected chi connectivity index (χ2v) is 16.3. The molecule has 1 atom stereocenters. The highest BCUT2D eigenvalue weighted by atomic mass is 28.3. The Morgan fingerprint density at radius 1 is 0.541 bits per heavy atom. The normalized spacial score (nSPS) is 18.8. The van der Waals surface area contributed by atoms with Gasteiger partial charge in [-0.2, -0.15) is 0 Å². The van der Waals surface area contributed by atoms with Crippen LogP contribution in [0.15, 0.2) is 127 Å². The van der Waals surface area contributed by atoms with Crippen molar-refractivity contribution in [3.63, 3.8) is 0 Å². The predicted octanol–water partition coefficient (Wildman–Crippen LogP) is 9.77. The first kappa shape index (κ1) is 25.0. The van der Waals surface area contributed by atoms with Crippen LogP contribution in [0.2, 0.25) is 19.6 Å². The number of hydrogen-bond donors (Lipinski definition) is 0. The molecule has 0 saturated heterocycles. The molecule has 0 bridgehead atoms. The van der Waals surface area contributed by atoms with Crippen LogP contribution in [0, 0.1) is 5.92 Å². The van der Waals surface area contributed by atoms with Crippen LogP contribution in [-0.2, 0) is 0 Å². The second-order valence-electron chi connectivity index (χ2n) is 11.2. The van der Waals surface area contributed by atoms with Crippen molar-refractivity contribution in [3.05, 3.63) is 133 Å². The highest BCUT2D eigenvalue weighted by Crippen LogP contribution is 2.29. The first-order chi connectivity index (χ1) is 17.9. The van der Waals surface area contributed by atoms with Gasteiger partial charge >= 0.3 is 0 Å². The molecule has 0 amide bonds. The Bertz CT molecular complexity index is 1420. The van der Waals surface area contributed by atoms with Crippen molar-refractivity contribution in [2.24, 2.45) is 5.92 Å². The van der Waals surface area contributed by atoms with E-state index in [1.807, 2.05) is 0 Å². The number of benzene rings is 4. The number of allylic oxidation sites excluding steroid dienone is 6. The Hall–Kier alpha value is -3.68. The molecule has 0 N–H and O–H groups in total. The van der Waals surface area contributed by atoms with Gasteiger partial charge in [0.25, 0.3) is 0 Å². The molecule has 0 aromatic heterocycles. The minimum atomic E-state index is -1.26. The van der Waals surface area contributed by atoms with Gasteiger partial charge in [0.2, 0.25) is 0 Å². The molecular weight excluding hydrogens is 460 g/mol. The minimum Gasteiger partial charge on any atom is -0.0833 e. The molecule has 184 valence electrons. The Labute approximate surface area is 223 Å². The van der Waals surface area contributed by atoms with Gasteiger partial charge in [0.1, 0.15) is 0 Å². The van der Waals surface area contributed by atoms with E-state index in [0.717, 1.165) is 6.42 Å².